The van der Waals surface area contributed by atoms with Gasteiger partial charge >= 0.3 is 13.6 Å². The quantitative estimate of drug-likeness (QED) is 0.0754. The summed E-state index contributed by atoms with van der Waals surface area (Å²) in [5.74, 6) is -0.803. The molecule has 5 amide bonds. The van der Waals surface area contributed by atoms with Crippen LogP contribution in [-0.2, 0) is 25.4 Å². The van der Waals surface area contributed by atoms with Crippen LogP contribution < -0.4 is 30.3 Å². The fourth-order valence-corrected chi connectivity index (χ4v) is 10.6. The lowest BCUT2D eigenvalue weighted by atomic mass is 10.0. The van der Waals surface area contributed by atoms with Gasteiger partial charge in [-0.1, -0.05) is 87.0 Å². The van der Waals surface area contributed by atoms with Crippen molar-refractivity contribution in [2.24, 2.45) is 5.92 Å². The van der Waals surface area contributed by atoms with Crippen molar-refractivity contribution in [2.75, 3.05) is 12.3 Å². The number of hydrogen-bond acceptors (Lipinski definition) is 8. The van der Waals surface area contributed by atoms with Crippen LogP contribution in [0.1, 0.15) is 57.9 Å². The molecule has 3 aliphatic rings. The fraction of sp³-hybridized carbons (Fsp3) is 0.450. The second-order valence-corrected chi connectivity index (χ2v) is 17.7. The number of unbranched alkanes of at least 4 members (excludes halogenated alkanes) is 1. The van der Waals surface area contributed by atoms with Crippen LogP contribution in [-0.4, -0.2) is 76.2 Å². The van der Waals surface area contributed by atoms with Crippen molar-refractivity contribution in [3.05, 3.63) is 96.6 Å². The summed E-state index contributed by atoms with van der Waals surface area (Å²) < 4.78 is 27.3. The van der Waals surface area contributed by atoms with Crippen molar-refractivity contribution in [1.29, 1.82) is 0 Å². The average molecular weight is 776 g/mol. The molecule has 3 aromatic rings. The highest BCUT2D eigenvalue weighted by molar-refractivity contribution is 8.00. The van der Waals surface area contributed by atoms with Crippen molar-refractivity contribution in [3.8, 4) is 11.5 Å². The van der Waals surface area contributed by atoms with E-state index in [0.717, 1.165) is 24.2 Å². The van der Waals surface area contributed by atoms with Crippen LogP contribution in [0.5, 0.6) is 11.5 Å². The van der Waals surface area contributed by atoms with Crippen LogP contribution in [0.4, 0.5) is 4.79 Å². The second kappa shape index (κ2) is 18.2. The molecule has 54 heavy (non-hydrogen) atoms. The number of fused-ring (bicyclic) bond motifs is 1. The zero-order valence-electron chi connectivity index (χ0n) is 30.7. The maximum absolute atomic E-state index is 15.0. The van der Waals surface area contributed by atoms with Gasteiger partial charge in [-0.05, 0) is 61.4 Å². The normalized spacial score (nSPS) is 21.8. The summed E-state index contributed by atoms with van der Waals surface area (Å²) in [6, 6.07) is 25.3. The van der Waals surface area contributed by atoms with Crippen LogP contribution in [0.2, 0.25) is 0 Å². The van der Waals surface area contributed by atoms with E-state index in [4.69, 9.17) is 9.05 Å². The summed E-state index contributed by atoms with van der Waals surface area (Å²) in [6.45, 7) is 4.10. The minimum Gasteiger partial charge on any atom is -0.415 e. The van der Waals surface area contributed by atoms with Crippen LogP contribution in [0.25, 0.3) is 0 Å². The summed E-state index contributed by atoms with van der Waals surface area (Å²) in [5.41, 5.74) is 0.812. The van der Waals surface area contributed by atoms with E-state index >= 15 is 0 Å². The number of urea groups is 1. The highest BCUT2D eigenvalue weighted by Crippen LogP contribution is 2.53. The Kier molecular flexibility index (Phi) is 13.2. The summed E-state index contributed by atoms with van der Waals surface area (Å²) in [5, 5.41) is 12.2. The van der Waals surface area contributed by atoms with Gasteiger partial charge < -0.3 is 35.2 Å². The second-order valence-electron chi connectivity index (χ2n) is 14.4. The molecule has 0 saturated carbocycles. The lowest BCUT2D eigenvalue weighted by Crippen LogP contribution is -2.56. The standard InChI is InChI=1S/C40H50N5O7PS/c1-27(2)36(42-34(46)23-13-12-22-33-37-31(26-54-33)41-40(49)44-37)39(48)45-24-14-21-32(45)38(47)43-35(25-28-15-6-3-7-16-28)53(50,51-29-17-8-4-9-18-29)52-30-19-10-5-11-20-30/h3-11,15-20,27,31-33,35-37H,12-14,21-26H2,1-2H3,(H,42,46)(H,43,47)(H2,41,44,49). The van der Waals surface area contributed by atoms with Crippen molar-refractivity contribution < 1.29 is 32.8 Å². The number of rotatable bonds is 17. The molecule has 3 fully saturated rings. The topological polar surface area (TPSA) is 155 Å². The van der Waals surface area contributed by atoms with E-state index in [-0.39, 0.29) is 48.7 Å². The van der Waals surface area contributed by atoms with Crippen molar-refractivity contribution >= 4 is 43.1 Å². The van der Waals surface area contributed by atoms with E-state index in [1.807, 2.05) is 68.1 Å². The Labute approximate surface area is 321 Å². The summed E-state index contributed by atoms with van der Waals surface area (Å²) in [6.07, 6.45) is 3.81. The lowest BCUT2D eigenvalue weighted by Gasteiger charge is -2.33. The van der Waals surface area contributed by atoms with Crippen molar-refractivity contribution in [1.82, 2.24) is 26.2 Å². The van der Waals surface area contributed by atoms with Crippen LogP contribution >= 0.6 is 19.4 Å². The van der Waals surface area contributed by atoms with E-state index < -0.39 is 31.4 Å². The zero-order valence-corrected chi connectivity index (χ0v) is 32.4. The van der Waals surface area contributed by atoms with Crippen molar-refractivity contribution in [2.45, 2.75) is 94.0 Å². The molecule has 3 heterocycles. The third-order valence-electron chi connectivity index (χ3n) is 10.1. The first kappa shape index (κ1) is 39.2. The molecular weight excluding hydrogens is 726 g/mol. The van der Waals surface area contributed by atoms with Gasteiger partial charge in [-0.3, -0.25) is 14.4 Å². The van der Waals surface area contributed by atoms with Crippen LogP contribution in [0, 0.1) is 5.92 Å². The zero-order chi connectivity index (χ0) is 38.1. The maximum atomic E-state index is 15.0. The number of carbonyl (C=O) groups excluding carboxylic acids is 4. The molecule has 288 valence electrons. The molecule has 3 aliphatic heterocycles. The van der Waals surface area contributed by atoms with E-state index in [9.17, 15) is 23.7 Å². The first-order valence-electron chi connectivity index (χ1n) is 18.8. The monoisotopic (exact) mass is 775 g/mol. The van der Waals surface area contributed by atoms with E-state index in [1.54, 1.807) is 53.4 Å². The Hall–Kier alpha value is -4.48. The van der Waals surface area contributed by atoms with Gasteiger partial charge in [-0.2, -0.15) is 11.8 Å². The number of thioether (sulfide) groups is 1. The summed E-state index contributed by atoms with van der Waals surface area (Å²) in [7, 11) is -4.17. The maximum Gasteiger partial charge on any atom is 0.453 e. The third kappa shape index (κ3) is 9.98. The number of benzene rings is 3. The van der Waals surface area contributed by atoms with Crippen molar-refractivity contribution in [3.63, 3.8) is 0 Å². The molecule has 14 heteroatoms. The first-order valence-corrected chi connectivity index (χ1v) is 21.5. The lowest BCUT2D eigenvalue weighted by molar-refractivity contribution is -0.142. The van der Waals surface area contributed by atoms with Gasteiger partial charge in [0.1, 0.15) is 23.6 Å². The first-order chi connectivity index (χ1) is 26.1. The summed E-state index contributed by atoms with van der Waals surface area (Å²) in [4.78, 5) is 54.8. The van der Waals surface area contributed by atoms with Gasteiger partial charge in [0.15, 0.2) is 5.78 Å². The van der Waals surface area contributed by atoms with Gasteiger partial charge in [-0.25, -0.2) is 9.36 Å². The highest BCUT2D eigenvalue weighted by atomic mass is 32.2. The summed E-state index contributed by atoms with van der Waals surface area (Å²) >= 11 is 1.85. The molecule has 6 atom stereocenters. The molecule has 0 aliphatic carbocycles. The number of para-hydroxylation sites is 2. The largest absolute Gasteiger partial charge is 0.453 e. The predicted octanol–water partition coefficient (Wildman–Crippen LogP) is 5.88. The van der Waals surface area contributed by atoms with E-state index in [1.165, 1.54) is 0 Å². The molecule has 6 unspecified atom stereocenters. The molecule has 0 aromatic heterocycles. The smallest absolute Gasteiger partial charge is 0.415 e. The number of carbonyl (C=O) groups is 4. The number of nitrogens with zero attached hydrogens (tertiary/aromatic N) is 1. The molecule has 0 radical (unpaired) electrons. The molecule has 6 rings (SSSR count). The molecule has 3 saturated heterocycles. The van der Waals surface area contributed by atoms with E-state index in [2.05, 4.69) is 21.3 Å². The number of nitrogens with one attached hydrogen (secondary N) is 4. The highest BCUT2D eigenvalue weighted by Gasteiger charge is 2.45. The minimum absolute atomic E-state index is 0.113. The molecule has 0 bridgehead atoms. The average Bonchev–Trinajstić information content (AvgIpc) is 3.90. The molecule has 0 spiro atoms. The Bertz CT molecular complexity index is 1740. The number of hydrogen-bond donors (Lipinski definition) is 4. The number of likely N-dealkylation sites (tertiary alicyclic amines) is 1. The molecular formula is C40H50N5O7PS. The Balaban J connectivity index is 1.12. The Morgan fingerprint density at radius 3 is 2.15 bits per heavy atom. The van der Waals surface area contributed by atoms with Gasteiger partial charge in [0, 0.05) is 30.4 Å². The molecule has 3 aromatic carbocycles. The van der Waals surface area contributed by atoms with Gasteiger partial charge in [0.2, 0.25) is 17.7 Å². The molecule has 4 N–H and O–H groups in total. The molecule has 12 nitrogen and oxygen atoms in total. The van der Waals surface area contributed by atoms with Gasteiger partial charge in [0.05, 0.1) is 12.1 Å². The van der Waals surface area contributed by atoms with Crippen LogP contribution in [0.3, 0.4) is 0 Å². The van der Waals surface area contributed by atoms with Gasteiger partial charge in [0.25, 0.3) is 0 Å². The minimum atomic E-state index is -4.17. The Morgan fingerprint density at radius 1 is 0.889 bits per heavy atom. The van der Waals surface area contributed by atoms with Gasteiger partial charge in [-0.15, -0.1) is 0 Å². The Morgan fingerprint density at radius 2 is 1.52 bits per heavy atom. The predicted molar refractivity (Wildman–Crippen MR) is 209 cm³/mol. The SMILES string of the molecule is CC(C)C(NC(=O)CCCCC1SCC2NC(=O)NC21)C(=O)N1CCCC1C(=O)NC(Cc1ccccc1)P(=O)(Oc1ccccc1)Oc1ccccc1. The van der Waals surface area contributed by atoms with E-state index in [0.29, 0.717) is 42.6 Å². The number of amides is 5. The fourth-order valence-electron chi connectivity index (χ4n) is 7.26. The third-order valence-corrected chi connectivity index (χ3v) is 13.6. The van der Waals surface area contributed by atoms with Crippen LogP contribution in [0.15, 0.2) is 91.0 Å².